The molecule has 1 atom stereocenters. The van der Waals surface area contributed by atoms with Crippen LogP contribution in [0.25, 0.3) is 0 Å². The molecule has 1 rings (SSSR count). The number of benzene rings is 1. The Balaban J connectivity index is 2.58. The van der Waals surface area contributed by atoms with Gasteiger partial charge in [0.05, 0.1) is 0 Å². The second-order valence-electron chi connectivity index (χ2n) is 3.72. The van der Waals surface area contributed by atoms with Gasteiger partial charge in [0.1, 0.15) is 0 Å². The molecule has 1 aromatic carbocycles. The summed E-state index contributed by atoms with van der Waals surface area (Å²) in [7, 11) is 0. The molecule has 0 radical (unpaired) electrons. The van der Waals surface area contributed by atoms with Crippen LogP contribution in [-0.2, 0) is 12.8 Å². The van der Waals surface area contributed by atoms with Crippen LogP contribution in [0.3, 0.4) is 0 Å². The first kappa shape index (κ1) is 10.3. The smallest absolute Gasteiger partial charge is 0.00483 e. The highest BCUT2D eigenvalue weighted by Crippen LogP contribution is 2.09. The molecule has 13 heavy (non-hydrogen) atoms. The molecule has 0 aliphatic heterocycles. The minimum atomic E-state index is 0.590. The molecule has 1 aromatic rings. The maximum absolute atomic E-state index is 5.58. The minimum absolute atomic E-state index is 0.590. The van der Waals surface area contributed by atoms with Crippen LogP contribution in [0.1, 0.15) is 25.0 Å². The second-order valence-corrected chi connectivity index (χ2v) is 3.72. The van der Waals surface area contributed by atoms with Crippen LogP contribution in [0.15, 0.2) is 24.3 Å². The predicted octanol–water partition coefficient (Wildman–Crippen LogP) is 2.39. The highest BCUT2D eigenvalue weighted by molar-refractivity contribution is 5.22. The summed E-state index contributed by atoms with van der Waals surface area (Å²) in [6.07, 6.45) is 2.22. The summed E-state index contributed by atoms with van der Waals surface area (Å²) in [5.74, 6) is 0.590. The van der Waals surface area contributed by atoms with Gasteiger partial charge in [-0.05, 0) is 36.4 Å². The fraction of sp³-hybridized carbons (Fsp3) is 0.500. The van der Waals surface area contributed by atoms with Crippen LogP contribution < -0.4 is 5.73 Å². The Morgan fingerprint density at radius 3 is 2.15 bits per heavy atom. The van der Waals surface area contributed by atoms with E-state index in [4.69, 9.17) is 5.73 Å². The zero-order valence-corrected chi connectivity index (χ0v) is 8.59. The summed E-state index contributed by atoms with van der Waals surface area (Å²) in [6, 6.07) is 8.84. The van der Waals surface area contributed by atoms with Gasteiger partial charge in [-0.3, -0.25) is 0 Å². The van der Waals surface area contributed by atoms with Crippen LogP contribution in [0.5, 0.6) is 0 Å². The van der Waals surface area contributed by atoms with Gasteiger partial charge in [0.25, 0.3) is 0 Å². The fourth-order valence-electron chi connectivity index (χ4n) is 1.40. The largest absolute Gasteiger partial charge is 0.330 e. The van der Waals surface area contributed by atoms with Crippen molar-refractivity contribution >= 4 is 0 Å². The molecule has 0 heterocycles. The lowest BCUT2D eigenvalue weighted by molar-refractivity contribution is 0.593. The number of nitrogens with two attached hydrogens (primary N) is 1. The number of rotatable bonds is 4. The molecule has 0 amide bonds. The summed E-state index contributed by atoms with van der Waals surface area (Å²) in [4.78, 5) is 0. The van der Waals surface area contributed by atoms with E-state index in [9.17, 15) is 0 Å². The van der Waals surface area contributed by atoms with E-state index in [1.807, 2.05) is 0 Å². The average molecular weight is 177 g/mol. The lowest BCUT2D eigenvalue weighted by Crippen LogP contribution is -2.12. The third-order valence-electron chi connectivity index (χ3n) is 2.42. The molecule has 0 aliphatic rings. The molecule has 0 aliphatic carbocycles. The molecule has 0 saturated carbocycles. The summed E-state index contributed by atoms with van der Waals surface area (Å²) >= 11 is 0. The van der Waals surface area contributed by atoms with Gasteiger partial charge in [-0.2, -0.15) is 0 Å². The molecule has 0 unspecified atom stereocenters. The molecular formula is C12H19N. The quantitative estimate of drug-likeness (QED) is 0.751. The van der Waals surface area contributed by atoms with Crippen LogP contribution in [0, 0.1) is 5.92 Å². The topological polar surface area (TPSA) is 26.0 Å². The Bertz CT molecular complexity index is 238. The van der Waals surface area contributed by atoms with Crippen LogP contribution in [-0.4, -0.2) is 6.54 Å². The molecule has 0 aromatic heterocycles. The predicted molar refractivity (Wildman–Crippen MR) is 57.7 cm³/mol. The molecule has 2 N–H and O–H groups in total. The molecule has 72 valence electrons. The van der Waals surface area contributed by atoms with Gasteiger partial charge in [-0.25, -0.2) is 0 Å². The van der Waals surface area contributed by atoms with Crippen LogP contribution >= 0.6 is 0 Å². The summed E-state index contributed by atoms with van der Waals surface area (Å²) in [5.41, 5.74) is 8.38. The molecule has 0 fully saturated rings. The maximum atomic E-state index is 5.58. The van der Waals surface area contributed by atoms with Gasteiger partial charge in [0.2, 0.25) is 0 Å². The Morgan fingerprint density at radius 1 is 1.15 bits per heavy atom. The lowest BCUT2D eigenvalue weighted by Gasteiger charge is -2.08. The number of hydrogen-bond donors (Lipinski definition) is 1. The molecule has 0 saturated heterocycles. The second kappa shape index (κ2) is 5.03. The zero-order valence-electron chi connectivity index (χ0n) is 8.59. The van der Waals surface area contributed by atoms with Gasteiger partial charge >= 0.3 is 0 Å². The van der Waals surface area contributed by atoms with Crippen LogP contribution in [0.4, 0.5) is 0 Å². The first-order valence-electron chi connectivity index (χ1n) is 5.04. The van der Waals surface area contributed by atoms with Gasteiger partial charge in [0.15, 0.2) is 0 Å². The van der Waals surface area contributed by atoms with Gasteiger partial charge in [-0.15, -0.1) is 0 Å². The number of aryl methyl sites for hydroxylation is 1. The minimum Gasteiger partial charge on any atom is -0.330 e. The normalized spacial score (nSPS) is 12.8. The van der Waals surface area contributed by atoms with Gasteiger partial charge < -0.3 is 5.73 Å². The SMILES string of the molecule is CCc1ccc(C[C@@H](C)CN)cc1. The van der Waals surface area contributed by atoms with E-state index in [0.717, 1.165) is 19.4 Å². The molecule has 1 nitrogen and oxygen atoms in total. The highest BCUT2D eigenvalue weighted by atomic mass is 14.5. The van der Waals surface area contributed by atoms with Crippen molar-refractivity contribution in [1.82, 2.24) is 0 Å². The van der Waals surface area contributed by atoms with E-state index in [-0.39, 0.29) is 0 Å². The fourth-order valence-corrected chi connectivity index (χ4v) is 1.40. The Morgan fingerprint density at radius 2 is 1.69 bits per heavy atom. The van der Waals surface area contributed by atoms with Crippen molar-refractivity contribution in [2.75, 3.05) is 6.54 Å². The van der Waals surface area contributed by atoms with E-state index in [2.05, 4.69) is 38.1 Å². The van der Waals surface area contributed by atoms with Crippen molar-refractivity contribution < 1.29 is 0 Å². The van der Waals surface area contributed by atoms with Gasteiger partial charge in [-0.1, -0.05) is 38.1 Å². The van der Waals surface area contributed by atoms with E-state index >= 15 is 0 Å². The van der Waals surface area contributed by atoms with Crippen molar-refractivity contribution in [2.24, 2.45) is 11.7 Å². The van der Waals surface area contributed by atoms with Crippen molar-refractivity contribution in [1.29, 1.82) is 0 Å². The van der Waals surface area contributed by atoms with E-state index in [1.165, 1.54) is 11.1 Å². The molecule has 1 heteroatoms. The lowest BCUT2D eigenvalue weighted by atomic mass is 10.00. The van der Waals surface area contributed by atoms with Crippen molar-refractivity contribution in [2.45, 2.75) is 26.7 Å². The van der Waals surface area contributed by atoms with Crippen molar-refractivity contribution in [3.8, 4) is 0 Å². The third kappa shape index (κ3) is 3.19. The molecular weight excluding hydrogens is 158 g/mol. The highest BCUT2D eigenvalue weighted by Gasteiger charge is 2.00. The molecule has 0 bridgehead atoms. The van der Waals surface area contributed by atoms with Crippen molar-refractivity contribution in [3.63, 3.8) is 0 Å². The molecule has 0 spiro atoms. The maximum Gasteiger partial charge on any atom is -0.00483 e. The summed E-state index contributed by atoms with van der Waals surface area (Å²) in [6.45, 7) is 5.14. The first-order chi connectivity index (χ1) is 6.26. The van der Waals surface area contributed by atoms with E-state index in [1.54, 1.807) is 0 Å². The monoisotopic (exact) mass is 177 g/mol. The van der Waals surface area contributed by atoms with Crippen LogP contribution in [0.2, 0.25) is 0 Å². The van der Waals surface area contributed by atoms with Gasteiger partial charge in [0, 0.05) is 0 Å². The number of hydrogen-bond acceptors (Lipinski definition) is 1. The Kier molecular flexibility index (Phi) is 3.97. The standard InChI is InChI=1S/C12H19N/c1-3-11-4-6-12(7-5-11)8-10(2)9-13/h4-7,10H,3,8-9,13H2,1-2H3/t10-/m1/s1. The Labute approximate surface area is 81.0 Å². The Hall–Kier alpha value is -0.820. The summed E-state index contributed by atoms with van der Waals surface area (Å²) in [5, 5.41) is 0. The average Bonchev–Trinajstić information content (AvgIpc) is 2.19. The van der Waals surface area contributed by atoms with E-state index in [0.29, 0.717) is 5.92 Å². The summed E-state index contributed by atoms with van der Waals surface area (Å²) < 4.78 is 0. The van der Waals surface area contributed by atoms with E-state index < -0.39 is 0 Å². The third-order valence-corrected chi connectivity index (χ3v) is 2.42. The zero-order chi connectivity index (χ0) is 9.68. The van der Waals surface area contributed by atoms with Crippen molar-refractivity contribution in [3.05, 3.63) is 35.4 Å². The first-order valence-corrected chi connectivity index (χ1v) is 5.04.